The molecule has 4 rings (SSSR count). The minimum Gasteiger partial charge on any atom is -0.475 e. The van der Waals surface area contributed by atoms with Crippen LogP contribution in [0.5, 0.6) is 0 Å². The lowest BCUT2D eigenvalue weighted by Gasteiger charge is -2.26. The van der Waals surface area contributed by atoms with E-state index in [1.807, 2.05) is 29.3 Å². The molecule has 1 N–H and O–H groups in total. The molecule has 8 nitrogen and oxygen atoms in total. The summed E-state index contributed by atoms with van der Waals surface area (Å²) in [7, 11) is 0. The number of hydrogen-bond donors (Lipinski definition) is 1. The number of hydrogen-bond acceptors (Lipinski definition) is 7. The third-order valence-electron chi connectivity index (χ3n) is 5.24. The number of halogens is 3. The Morgan fingerprint density at radius 1 is 1.41 bits per heavy atom. The first-order valence-corrected chi connectivity index (χ1v) is 10.6. The number of aryl methyl sites for hydroxylation is 1. The van der Waals surface area contributed by atoms with Crippen molar-refractivity contribution in [3.05, 3.63) is 46.2 Å². The quantitative estimate of drug-likeness (QED) is 0.713. The molecule has 2 saturated heterocycles. The summed E-state index contributed by atoms with van der Waals surface area (Å²) in [6.07, 6.45) is -3.43. The van der Waals surface area contributed by atoms with E-state index in [4.69, 9.17) is 19.4 Å². The minimum absolute atomic E-state index is 0.00972. The lowest BCUT2D eigenvalue weighted by atomic mass is 9.82. The van der Waals surface area contributed by atoms with Crippen molar-refractivity contribution in [1.29, 1.82) is 0 Å². The Balaban J connectivity index is 0.000000360. The Morgan fingerprint density at radius 3 is 2.75 bits per heavy atom. The zero-order valence-electron chi connectivity index (χ0n) is 17.2. The average Bonchev–Trinajstić information content (AvgIpc) is 3.42. The molecule has 0 bridgehead atoms. The molecule has 0 saturated carbocycles. The van der Waals surface area contributed by atoms with E-state index in [-0.39, 0.29) is 11.3 Å². The van der Waals surface area contributed by atoms with Crippen LogP contribution in [0.4, 0.5) is 13.2 Å². The Hall–Kier alpha value is -2.57. The number of carbonyl (C=O) groups is 2. The molecule has 174 valence electrons. The number of amides is 1. The fraction of sp³-hybridized carbons (Fsp3) is 0.500. The van der Waals surface area contributed by atoms with E-state index >= 15 is 0 Å². The van der Waals surface area contributed by atoms with Crippen LogP contribution in [0.2, 0.25) is 0 Å². The molecule has 0 radical (unpaired) electrons. The monoisotopic (exact) mass is 473 g/mol. The van der Waals surface area contributed by atoms with Gasteiger partial charge in [-0.25, -0.2) is 9.78 Å². The van der Waals surface area contributed by atoms with Gasteiger partial charge in [0.2, 0.25) is 0 Å². The lowest BCUT2D eigenvalue weighted by Crippen LogP contribution is -2.37. The van der Waals surface area contributed by atoms with Gasteiger partial charge in [0.05, 0.1) is 37.1 Å². The van der Waals surface area contributed by atoms with Crippen LogP contribution in [0, 0.1) is 18.3 Å². The number of alkyl halides is 3. The van der Waals surface area contributed by atoms with Gasteiger partial charge in [-0.1, -0.05) is 6.07 Å². The van der Waals surface area contributed by atoms with E-state index in [0.29, 0.717) is 51.1 Å². The smallest absolute Gasteiger partial charge is 0.475 e. The molecule has 0 unspecified atom stereocenters. The molecular weight excluding hydrogens is 451 g/mol. The van der Waals surface area contributed by atoms with Crippen molar-refractivity contribution in [3.63, 3.8) is 0 Å². The molecule has 0 aliphatic carbocycles. The van der Waals surface area contributed by atoms with Crippen LogP contribution in [0.1, 0.15) is 21.2 Å². The molecule has 0 aromatic carbocycles. The van der Waals surface area contributed by atoms with Crippen LogP contribution in [-0.2, 0) is 20.9 Å². The highest BCUT2D eigenvalue weighted by Gasteiger charge is 2.52. The largest absolute Gasteiger partial charge is 0.490 e. The van der Waals surface area contributed by atoms with E-state index in [9.17, 15) is 18.0 Å². The molecule has 2 aromatic rings. The van der Waals surface area contributed by atoms with Crippen LogP contribution in [0.3, 0.4) is 0 Å². The minimum atomic E-state index is -5.08. The summed E-state index contributed by atoms with van der Waals surface area (Å²) < 4.78 is 43.4. The summed E-state index contributed by atoms with van der Waals surface area (Å²) in [6.45, 7) is 5.77. The number of ether oxygens (including phenoxy) is 2. The second kappa shape index (κ2) is 9.92. The van der Waals surface area contributed by atoms with Gasteiger partial charge in [0.25, 0.3) is 5.91 Å². The first-order valence-electron chi connectivity index (χ1n) is 9.68. The van der Waals surface area contributed by atoms with Crippen molar-refractivity contribution in [2.45, 2.75) is 19.7 Å². The SMILES string of the molecule is Cc1nc(COC[C@]23COC[C@H]2CN(C(=O)c2ccccn2)C3)cs1.O=C(O)C(F)(F)F. The van der Waals surface area contributed by atoms with Crippen molar-refractivity contribution < 1.29 is 37.3 Å². The first kappa shape index (κ1) is 24.1. The molecule has 12 heteroatoms. The van der Waals surface area contributed by atoms with Crippen molar-refractivity contribution in [3.8, 4) is 0 Å². The van der Waals surface area contributed by atoms with Crippen molar-refractivity contribution in [2.75, 3.05) is 32.9 Å². The van der Waals surface area contributed by atoms with Crippen LogP contribution in [-0.4, -0.2) is 70.9 Å². The number of likely N-dealkylation sites (tertiary alicyclic amines) is 1. The van der Waals surface area contributed by atoms with Gasteiger partial charge in [-0.15, -0.1) is 11.3 Å². The number of nitrogens with zero attached hydrogens (tertiary/aromatic N) is 3. The van der Waals surface area contributed by atoms with Gasteiger partial charge in [-0.05, 0) is 19.1 Å². The number of rotatable bonds is 5. The maximum atomic E-state index is 12.7. The van der Waals surface area contributed by atoms with Crippen molar-refractivity contribution >= 4 is 23.2 Å². The standard InChI is InChI=1S/C18H21N3O3S.C2HF3O2/c1-13-20-15(9-25-13)8-24-12-18-10-21(6-14(18)7-23-11-18)17(22)16-4-2-3-5-19-16;3-2(4,5)1(6)7/h2-5,9,14H,6-8,10-12H2,1H3;(H,6,7)/t14-,18+;/m1./s1. The normalized spacial score (nSPS) is 22.2. The predicted octanol–water partition coefficient (Wildman–Crippen LogP) is 2.79. The van der Waals surface area contributed by atoms with E-state index < -0.39 is 12.1 Å². The third kappa shape index (κ3) is 5.81. The highest BCUT2D eigenvalue weighted by Crippen LogP contribution is 2.42. The maximum Gasteiger partial charge on any atom is 0.490 e. The second-order valence-electron chi connectivity index (χ2n) is 7.63. The van der Waals surface area contributed by atoms with Crippen molar-refractivity contribution in [1.82, 2.24) is 14.9 Å². The summed E-state index contributed by atoms with van der Waals surface area (Å²) in [5.41, 5.74) is 1.35. The third-order valence-corrected chi connectivity index (χ3v) is 6.06. The van der Waals surface area contributed by atoms with Gasteiger partial charge in [-0.3, -0.25) is 9.78 Å². The molecular formula is C20H22F3N3O5S. The summed E-state index contributed by atoms with van der Waals surface area (Å²) in [6, 6.07) is 5.43. The van der Waals surface area contributed by atoms with E-state index in [1.54, 1.807) is 23.6 Å². The number of carbonyl (C=O) groups excluding carboxylic acids is 1. The zero-order chi connectivity index (χ0) is 23.4. The molecule has 2 fully saturated rings. The molecule has 1 amide bonds. The van der Waals surface area contributed by atoms with Gasteiger partial charge in [0, 0.05) is 36.0 Å². The predicted molar refractivity (Wildman–Crippen MR) is 107 cm³/mol. The van der Waals surface area contributed by atoms with E-state index in [2.05, 4.69) is 9.97 Å². The van der Waals surface area contributed by atoms with Gasteiger partial charge in [0.1, 0.15) is 5.69 Å². The molecule has 4 heterocycles. The summed E-state index contributed by atoms with van der Waals surface area (Å²) in [4.78, 5) is 32.1. The summed E-state index contributed by atoms with van der Waals surface area (Å²) in [5.74, 6) is -2.45. The molecule has 2 aromatic heterocycles. The molecule has 32 heavy (non-hydrogen) atoms. The number of thiazole rings is 1. The second-order valence-corrected chi connectivity index (χ2v) is 8.69. The molecule has 2 aliphatic heterocycles. The fourth-order valence-electron chi connectivity index (χ4n) is 3.68. The highest BCUT2D eigenvalue weighted by atomic mass is 32.1. The Labute approximate surface area is 186 Å². The molecule has 2 atom stereocenters. The first-order chi connectivity index (χ1) is 15.1. The van der Waals surface area contributed by atoms with Gasteiger partial charge < -0.3 is 19.5 Å². The summed E-state index contributed by atoms with van der Waals surface area (Å²) in [5, 5.41) is 10.2. The number of aliphatic carboxylic acids is 1. The van der Waals surface area contributed by atoms with Gasteiger partial charge in [0.15, 0.2) is 0 Å². The zero-order valence-corrected chi connectivity index (χ0v) is 18.0. The number of carboxylic acids is 1. The van der Waals surface area contributed by atoms with E-state index in [0.717, 1.165) is 10.7 Å². The summed E-state index contributed by atoms with van der Waals surface area (Å²) >= 11 is 1.63. The van der Waals surface area contributed by atoms with E-state index in [1.165, 1.54) is 0 Å². The Bertz CT molecular complexity index is 940. The van der Waals surface area contributed by atoms with Crippen LogP contribution in [0.25, 0.3) is 0 Å². The lowest BCUT2D eigenvalue weighted by molar-refractivity contribution is -0.192. The maximum absolute atomic E-state index is 12.7. The number of pyridine rings is 1. The Kier molecular flexibility index (Phi) is 7.47. The average molecular weight is 473 g/mol. The fourth-order valence-corrected chi connectivity index (χ4v) is 4.27. The molecule has 0 spiro atoms. The topological polar surface area (TPSA) is 102 Å². The van der Waals surface area contributed by atoms with Gasteiger partial charge in [-0.2, -0.15) is 13.2 Å². The number of aromatic nitrogens is 2. The van der Waals surface area contributed by atoms with Crippen LogP contribution < -0.4 is 0 Å². The van der Waals surface area contributed by atoms with Gasteiger partial charge >= 0.3 is 12.1 Å². The number of fused-ring (bicyclic) bond motifs is 1. The molecule has 2 aliphatic rings. The van der Waals surface area contributed by atoms with Crippen molar-refractivity contribution in [2.24, 2.45) is 11.3 Å². The Morgan fingerprint density at radius 2 is 2.16 bits per heavy atom. The number of carboxylic acid groups (broad SMARTS) is 1. The van der Waals surface area contributed by atoms with Crippen LogP contribution in [0.15, 0.2) is 29.8 Å². The van der Waals surface area contributed by atoms with Crippen LogP contribution >= 0.6 is 11.3 Å². The highest BCUT2D eigenvalue weighted by molar-refractivity contribution is 7.09.